The normalized spacial score (nSPS) is 10.8. The molecule has 0 aliphatic rings. The van der Waals surface area contributed by atoms with E-state index in [0.717, 1.165) is 18.2 Å². The van der Waals surface area contributed by atoms with Crippen LogP contribution in [0.15, 0.2) is 6.20 Å². The third-order valence-electron chi connectivity index (χ3n) is 1.66. The van der Waals surface area contributed by atoms with Gasteiger partial charge in [-0.25, -0.2) is 4.98 Å². The maximum Gasteiger partial charge on any atom is 0.203 e. The fraction of sp³-hybridized carbons (Fsp3) is 0.667. The summed E-state index contributed by atoms with van der Waals surface area (Å²) in [4.78, 5) is 4.37. The summed E-state index contributed by atoms with van der Waals surface area (Å²) in [6.07, 6.45) is 2.06. The Balaban J connectivity index is 2.81. The second-order valence-corrected chi connectivity index (χ2v) is 3.29. The van der Waals surface area contributed by atoms with Crippen molar-refractivity contribution in [3.63, 3.8) is 0 Å². The molecule has 0 aliphatic heterocycles. The molecule has 1 rings (SSSR count). The summed E-state index contributed by atoms with van der Waals surface area (Å²) in [5.41, 5.74) is 1.07. The van der Waals surface area contributed by atoms with Gasteiger partial charge in [0.2, 0.25) is 5.95 Å². The predicted molar refractivity (Wildman–Crippen MR) is 51.4 cm³/mol. The number of nitrogens with one attached hydrogen (secondary N) is 1. The lowest BCUT2D eigenvalue weighted by Crippen LogP contribution is -2.14. The Labute approximate surface area is 73.8 Å². The van der Waals surface area contributed by atoms with Crippen LogP contribution in [0.3, 0.4) is 0 Å². The van der Waals surface area contributed by atoms with E-state index in [-0.39, 0.29) is 0 Å². The van der Waals surface area contributed by atoms with Gasteiger partial charge in [-0.3, -0.25) is 0 Å². The molecule has 3 nitrogen and oxygen atoms in total. The summed E-state index contributed by atoms with van der Waals surface area (Å²) in [5.74, 6) is 0.977. The third kappa shape index (κ3) is 2.00. The first-order chi connectivity index (χ1) is 5.63. The van der Waals surface area contributed by atoms with E-state index in [1.807, 2.05) is 6.92 Å². The molecule has 1 aromatic rings. The van der Waals surface area contributed by atoms with Crippen molar-refractivity contribution in [3.8, 4) is 0 Å². The minimum absolute atomic E-state index is 0.442. The van der Waals surface area contributed by atoms with E-state index in [4.69, 9.17) is 0 Å². The number of aromatic nitrogens is 2. The van der Waals surface area contributed by atoms with Gasteiger partial charge in [0.15, 0.2) is 0 Å². The number of hydrogen-bond acceptors (Lipinski definition) is 2. The monoisotopic (exact) mass is 167 g/mol. The van der Waals surface area contributed by atoms with Gasteiger partial charge in [0.05, 0.1) is 5.69 Å². The molecule has 0 spiro atoms. The summed E-state index contributed by atoms with van der Waals surface area (Å²) in [5, 5.41) is 3.30. The summed E-state index contributed by atoms with van der Waals surface area (Å²) < 4.78 is 2.12. The number of aryl methyl sites for hydroxylation is 2. The molecule has 1 N–H and O–H groups in total. The zero-order valence-electron chi connectivity index (χ0n) is 8.26. The molecule has 1 aromatic heterocycles. The molecule has 0 aromatic carbocycles. The highest BCUT2D eigenvalue weighted by Gasteiger charge is 2.03. The van der Waals surface area contributed by atoms with Gasteiger partial charge in [-0.1, -0.05) is 0 Å². The van der Waals surface area contributed by atoms with Crippen molar-refractivity contribution in [1.82, 2.24) is 9.55 Å². The maximum absolute atomic E-state index is 4.37. The maximum atomic E-state index is 4.37. The number of rotatable bonds is 3. The molecular weight excluding hydrogens is 150 g/mol. The molecule has 12 heavy (non-hydrogen) atoms. The minimum atomic E-state index is 0.442. The Bertz CT molecular complexity index is 250. The Morgan fingerprint density at radius 1 is 1.58 bits per heavy atom. The van der Waals surface area contributed by atoms with Crippen molar-refractivity contribution >= 4 is 5.95 Å². The lowest BCUT2D eigenvalue weighted by molar-refractivity contribution is 0.747. The van der Waals surface area contributed by atoms with Gasteiger partial charge in [0.1, 0.15) is 0 Å². The van der Waals surface area contributed by atoms with Gasteiger partial charge in [0.25, 0.3) is 0 Å². The second kappa shape index (κ2) is 3.61. The van der Waals surface area contributed by atoms with E-state index in [1.54, 1.807) is 0 Å². The third-order valence-corrected chi connectivity index (χ3v) is 1.66. The van der Waals surface area contributed by atoms with Crippen LogP contribution in [0.25, 0.3) is 0 Å². The molecule has 3 heteroatoms. The van der Waals surface area contributed by atoms with Gasteiger partial charge in [0, 0.05) is 18.8 Å². The molecule has 0 radical (unpaired) electrons. The average molecular weight is 167 g/mol. The van der Waals surface area contributed by atoms with E-state index in [0.29, 0.717) is 6.04 Å². The Hall–Kier alpha value is -0.990. The highest BCUT2D eigenvalue weighted by molar-refractivity contribution is 5.29. The lowest BCUT2D eigenvalue weighted by atomic mass is 10.4. The minimum Gasteiger partial charge on any atom is -0.353 e. The molecule has 0 atom stereocenters. The molecule has 0 amide bonds. The van der Waals surface area contributed by atoms with Crippen molar-refractivity contribution in [2.24, 2.45) is 0 Å². The molecular formula is C9H17N3. The van der Waals surface area contributed by atoms with E-state index in [1.165, 1.54) is 0 Å². The average Bonchev–Trinajstić information content (AvgIpc) is 2.29. The Kier molecular flexibility index (Phi) is 2.74. The molecule has 0 fully saturated rings. The Morgan fingerprint density at radius 3 is 2.75 bits per heavy atom. The van der Waals surface area contributed by atoms with Gasteiger partial charge < -0.3 is 9.88 Å². The van der Waals surface area contributed by atoms with Crippen molar-refractivity contribution in [2.45, 2.75) is 40.3 Å². The molecule has 0 saturated carbocycles. The number of anilines is 1. The molecule has 0 bridgehead atoms. The fourth-order valence-corrected chi connectivity index (χ4v) is 1.16. The van der Waals surface area contributed by atoms with Gasteiger partial charge in [-0.05, 0) is 27.7 Å². The summed E-state index contributed by atoms with van der Waals surface area (Å²) in [6, 6.07) is 0.442. The molecule has 0 aliphatic carbocycles. The number of imidazole rings is 1. The first-order valence-electron chi connectivity index (χ1n) is 4.43. The zero-order valence-corrected chi connectivity index (χ0v) is 8.26. The van der Waals surface area contributed by atoms with Crippen molar-refractivity contribution < 1.29 is 0 Å². The van der Waals surface area contributed by atoms with Crippen LogP contribution in [0.5, 0.6) is 0 Å². The highest BCUT2D eigenvalue weighted by atomic mass is 15.2. The first-order valence-corrected chi connectivity index (χ1v) is 4.43. The van der Waals surface area contributed by atoms with E-state index < -0.39 is 0 Å². The standard InChI is InChI=1S/C9H17N3/c1-5-12-6-8(4)11-9(12)10-7(2)3/h6-7H,5H2,1-4H3,(H,10,11). The van der Waals surface area contributed by atoms with Gasteiger partial charge in [-0.15, -0.1) is 0 Å². The predicted octanol–water partition coefficient (Wildman–Crippen LogP) is 2.03. The largest absolute Gasteiger partial charge is 0.353 e. The van der Waals surface area contributed by atoms with Crippen LogP contribution >= 0.6 is 0 Å². The zero-order chi connectivity index (χ0) is 9.14. The fourth-order valence-electron chi connectivity index (χ4n) is 1.16. The number of hydrogen-bond donors (Lipinski definition) is 1. The molecule has 0 unspecified atom stereocenters. The van der Waals surface area contributed by atoms with E-state index >= 15 is 0 Å². The summed E-state index contributed by atoms with van der Waals surface area (Å²) in [7, 11) is 0. The smallest absolute Gasteiger partial charge is 0.203 e. The molecule has 0 saturated heterocycles. The van der Waals surface area contributed by atoms with Crippen molar-refractivity contribution in [1.29, 1.82) is 0 Å². The van der Waals surface area contributed by atoms with Crippen LogP contribution in [0.1, 0.15) is 26.5 Å². The topological polar surface area (TPSA) is 29.9 Å². The lowest BCUT2D eigenvalue weighted by Gasteiger charge is -2.09. The first kappa shape index (κ1) is 9.10. The summed E-state index contributed by atoms with van der Waals surface area (Å²) in [6.45, 7) is 9.33. The van der Waals surface area contributed by atoms with Gasteiger partial charge in [-0.2, -0.15) is 0 Å². The molecule has 68 valence electrons. The van der Waals surface area contributed by atoms with Crippen LogP contribution in [0.4, 0.5) is 5.95 Å². The number of nitrogens with zero attached hydrogens (tertiary/aromatic N) is 2. The van der Waals surface area contributed by atoms with Crippen LogP contribution in [-0.2, 0) is 6.54 Å². The Morgan fingerprint density at radius 2 is 2.25 bits per heavy atom. The van der Waals surface area contributed by atoms with Crippen LogP contribution in [0, 0.1) is 6.92 Å². The SMILES string of the molecule is CCn1cc(C)nc1NC(C)C. The van der Waals surface area contributed by atoms with Crippen molar-refractivity contribution in [2.75, 3.05) is 5.32 Å². The highest BCUT2D eigenvalue weighted by Crippen LogP contribution is 2.08. The van der Waals surface area contributed by atoms with Gasteiger partial charge >= 0.3 is 0 Å². The molecule has 1 heterocycles. The van der Waals surface area contributed by atoms with Crippen LogP contribution < -0.4 is 5.32 Å². The summed E-state index contributed by atoms with van der Waals surface area (Å²) >= 11 is 0. The van der Waals surface area contributed by atoms with Crippen molar-refractivity contribution in [3.05, 3.63) is 11.9 Å². The second-order valence-electron chi connectivity index (χ2n) is 3.29. The van der Waals surface area contributed by atoms with E-state index in [2.05, 4.69) is 41.8 Å². The van der Waals surface area contributed by atoms with Crippen LogP contribution in [-0.4, -0.2) is 15.6 Å². The van der Waals surface area contributed by atoms with Crippen LogP contribution in [0.2, 0.25) is 0 Å². The van der Waals surface area contributed by atoms with E-state index in [9.17, 15) is 0 Å². The quantitative estimate of drug-likeness (QED) is 0.746.